The van der Waals surface area contributed by atoms with Crippen LogP contribution in [-0.4, -0.2) is 25.0 Å². The van der Waals surface area contributed by atoms with Crippen molar-refractivity contribution in [3.05, 3.63) is 61.2 Å². The number of carboxylic acid groups (broad SMARTS) is 1. The third-order valence-electron chi connectivity index (χ3n) is 4.95. The van der Waals surface area contributed by atoms with Gasteiger partial charge in [-0.15, -0.1) is 13.2 Å². The first-order valence-corrected chi connectivity index (χ1v) is 11.1. The van der Waals surface area contributed by atoms with Gasteiger partial charge in [-0.25, -0.2) is 4.79 Å². The van der Waals surface area contributed by atoms with Crippen molar-refractivity contribution in [3.8, 4) is 0 Å². The Hall–Kier alpha value is -1.65. The summed E-state index contributed by atoms with van der Waals surface area (Å²) in [4.78, 5) is 12.4. The van der Waals surface area contributed by atoms with E-state index in [9.17, 15) is 9.90 Å². The molecule has 1 N–H and O–H groups in total. The van der Waals surface area contributed by atoms with Crippen LogP contribution in [0.5, 0.6) is 0 Å². The summed E-state index contributed by atoms with van der Waals surface area (Å²) in [5.41, 5.74) is -0.510. The van der Waals surface area contributed by atoms with Crippen LogP contribution in [0.3, 0.4) is 0 Å². The van der Waals surface area contributed by atoms with Gasteiger partial charge in [0, 0.05) is 12.3 Å². The molecule has 3 nitrogen and oxygen atoms in total. The van der Waals surface area contributed by atoms with Crippen LogP contribution >= 0.6 is 0 Å². The van der Waals surface area contributed by atoms with Crippen LogP contribution in [0.2, 0.25) is 18.1 Å². The lowest BCUT2D eigenvalue weighted by Crippen LogP contribution is -2.56. The highest BCUT2D eigenvalue weighted by Gasteiger charge is 2.52. The summed E-state index contributed by atoms with van der Waals surface area (Å²) >= 11 is 0. The van der Waals surface area contributed by atoms with Crippen molar-refractivity contribution < 1.29 is 14.3 Å². The Morgan fingerprint density at radius 2 is 1.79 bits per heavy atom. The van der Waals surface area contributed by atoms with Crippen molar-refractivity contribution >= 4 is 14.3 Å². The Morgan fingerprint density at radius 1 is 1.25 bits per heavy atom. The van der Waals surface area contributed by atoms with Crippen LogP contribution in [0.15, 0.2) is 55.6 Å². The Bertz CT molecular complexity index is 587. The van der Waals surface area contributed by atoms with Crippen molar-refractivity contribution in [2.45, 2.75) is 56.8 Å². The molecule has 0 saturated heterocycles. The molecule has 4 heteroatoms. The van der Waals surface area contributed by atoms with E-state index in [2.05, 4.69) is 47.0 Å². The van der Waals surface area contributed by atoms with Gasteiger partial charge in [-0.2, -0.15) is 0 Å². The summed E-state index contributed by atoms with van der Waals surface area (Å²) < 4.78 is 6.50. The third-order valence-corrected chi connectivity index (χ3v) is 9.44. The average molecular weight is 347 g/mol. The van der Waals surface area contributed by atoms with E-state index in [1.165, 1.54) is 0 Å². The van der Waals surface area contributed by atoms with Crippen molar-refractivity contribution in [1.82, 2.24) is 0 Å². The highest BCUT2D eigenvalue weighted by Crippen LogP contribution is 2.45. The Labute approximate surface area is 147 Å². The summed E-state index contributed by atoms with van der Waals surface area (Å²) in [7, 11) is -2.33. The molecule has 0 aliphatic heterocycles. The van der Waals surface area contributed by atoms with Crippen molar-refractivity contribution in [2.75, 3.05) is 0 Å². The number of hydrogen-bond donors (Lipinski definition) is 1. The summed E-state index contributed by atoms with van der Waals surface area (Å²) in [6.07, 6.45) is 3.53. The van der Waals surface area contributed by atoms with Gasteiger partial charge in [-0.1, -0.05) is 63.3 Å². The number of hydrogen-bond acceptors (Lipinski definition) is 2. The van der Waals surface area contributed by atoms with Crippen LogP contribution < -0.4 is 0 Å². The highest BCUT2D eigenvalue weighted by atomic mass is 28.4. The Balaban J connectivity index is 3.51. The van der Waals surface area contributed by atoms with Gasteiger partial charge >= 0.3 is 5.97 Å². The van der Waals surface area contributed by atoms with E-state index in [0.29, 0.717) is 0 Å². The topological polar surface area (TPSA) is 46.5 Å². The normalized spacial score (nSPS) is 16.0. The van der Waals surface area contributed by atoms with E-state index < -0.39 is 25.8 Å². The number of rotatable bonds is 8. The molecule has 24 heavy (non-hydrogen) atoms. The molecule has 132 valence electrons. The number of benzene rings is 1. The van der Waals surface area contributed by atoms with Gasteiger partial charge in [0.05, 0.1) is 0 Å². The lowest BCUT2D eigenvalue weighted by atomic mass is 9.80. The molecule has 0 aliphatic carbocycles. The lowest BCUT2D eigenvalue weighted by Gasteiger charge is -2.46. The van der Waals surface area contributed by atoms with Gasteiger partial charge in [0.2, 0.25) is 0 Å². The fourth-order valence-electron chi connectivity index (χ4n) is 2.57. The fourth-order valence-corrected chi connectivity index (χ4v) is 4.09. The SMILES string of the molecule is C=CC[C@@](O[Si](C)(C)C(C)(C)C)(C(=O)O)[C@@H](C=C)c1ccccc1. The van der Waals surface area contributed by atoms with Crippen molar-refractivity contribution in [3.63, 3.8) is 0 Å². The molecular formula is C20H30O3Si. The van der Waals surface area contributed by atoms with Gasteiger partial charge in [-0.3, -0.25) is 0 Å². The second-order valence-corrected chi connectivity index (χ2v) is 12.4. The molecule has 1 aromatic rings. The Kier molecular flexibility index (Phi) is 6.36. The molecule has 0 bridgehead atoms. The van der Waals surface area contributed by atoms with E-state index >= 15 is 0 Å². The van der Waals surface area contributed by atoms with Crippen LogP contribution in [0.4, 0.5) is 0 Å². The molecule has 0 unspecified atom stereocenters. The molecule has 0 fully saturated rings. The first-order valence-electron chi connectivity index (χ1n) is 8.24. The van der Waals surface area contributed by atoms with Crippen LogP contribution in [-0.2, 0) is 9.22 Å². The van der Waals surface area contributed by atoms with Crippen LogP contribution in [0.25, 0.3) is 0 Å². The zero-order valence-corrected chi connectivity index (χ0v) is 16.5. The number of aliphatic carboxylic acids is 1. The zero-order chi connectivity index (χ0) is 18.6. The quantitative estimate of drug-likeness (QED) is 0.508. The first kappa shape index (κ1) is 20.4. The van der Waals surface area contributed by atoms with E-state index in [4.69, 9.17) is 4.43 Å². The van der Waals surface area contributed by atoms with Gasteiger partial charge in [0.1, 0.15) is 0 Å². The van der Waals surface area contributed by atoms with Gasteiger partial charge < -0.3 is 9.53 Å². The van der Waals surface area contributed by atoms with E-state index in [-0.39, 0.29) is 11.5 Å². The molecule has 0 radical (unpaired) electrons. The lowest BCUT2D eigenvalue weighted by molar-refractivity contribution is -0.157. The predicted molar refractivity (Wildman–Crippen MR) is 103 cm³/mol. The van der Waals surface area contributed by atoms with E-state index in [1.807, 2.05) is 30.3 Å². The minimum Gasteiger partial charge on any atom is -0.479 e. The summed E-state index contributed by atoms with van der Waals surface area (Å²) in [5.74, 6) is -1.43. The molecule has 0 aliphatic rings. The van der Waals surface area contributed by atoms with Crippen LogP contribution in [0.1, 0.15) is 38.7 Å². The summed E-state index contributed by atoms with van der Waals surface area (Å²) in [6.45, 7) is 18.1. The van der Waals surface area contributed by atoms with Crippen molar-refractivity contribution in [1.29, 1.82) is 0 Å². The van der Waals surface area contributed by atoms with Gasteiger partial charge in [-0.05, 0) is 23.7 Å². The fraction of sp³-hybridized carbons (Fsp3) is 0.450. The molecule has 0 aromatic heterocycles. The molecule has 1 rings (SSSR count). The summed E-state index contributed by atoms with van der Waals surface area (Å²) in [5, 5.41) is 10.0. The second-order valence-electron chi connectivity index (χ2n) is 7.67. The molecule has 0 spiro atoms. The maximum atomic E-state index is 12.4. The highest BCUT2D eigenvalue weighted by molar-refractivity contribution is 6.74. The van der Waals surface area contributed by atoms with Gasteiger partial charge in [0.25, 0.3) is 0 Å². The standard InChI is InChI=1S/C20H30O3Si/c1-8-15-20(18(21)22,23-24(6,7)19(3,4)5)17(9-2)16-13-11-10-12-14-16/h8-14,17H,1-2,15H2,3-7H3,(H,21,22)/t17-,20-/m0/s1. The van der Waals surface area contributed by atoms with E-state index in [1.54, 1.807) is 12.2 Å². The van der Waals surface area contributed by atoms with Gasteiger partial charge in [0.15, 0.2) is 13.9 Å². The molecule has 0 saturated carbocycles. The average Bonchev–Trinajstić information content (AvgIpc) is 2.47. The third kappa shape index (κ3) is 4.05. The minimum atomic E-state index is -2.33. The molecule has 0 heterocycles. The molecular weight excluding hydrogens is 316 g/mol. The van der Waals surface area contributed by atoms with E-state index in [0.717, 1.165) is 5.56 Å². The number of carboxylic acids is 1. The second kappa shape index (κ2) is 7.49. The maximum Gasteiger partial charge on any atom is 0.336 e. The maximum absolute atomic E-state index is 12.4. The van der Waals surface area contributed by atoms with Crippen molar-refractivity contribution in [2.24, 2.45) is 0 Å². The molecule has 1 aromatic carbocycles. The smallest absolute Gasteiger partial charge is 0.336 e. The number of carbonyl (C=O) groups is 1. The van der Waals surface area contributed by atoms with Crippen LogP contribution in [0, 0.1) is 0 Å². The zero-order valence-electron chi connectivity index (χ0n) is 15.5. The predicted octanol–water partition coefficient (Wildman–Crippen LogP) is 5.38. The molecule has 0 amide bonds. The monoisotopic (exact) mass is 346 g/mol. The largest absolute Gasteiger partial charge is 0.479 e. The summed E-state index contributed by atoms with van der Waals surface area (Å²) in [6, 6.07) is 9.55. The first-order chi connectivity index (χ1) is 11.0. The molecule has 2 atom stereocenters. The Morgan fingerprint density at radius 3 is 2.17 bits per heavy atom. The minimum absolute atomic E-state index is 0.0999.